The van der Waals surface area contributed by atoms with Crippen molar-refractivity contribution in [3.63, 3.8) is 0 Å². The SMILES string of the molecule is O=C(c1ccccc1)[C@@H]1[C@@H](c2ccc(Cl)cc2)n2c(nc3ccccc32)-c2cccn21. The van der Waals surface area contributed by atoms with E-state index in [0.29, 0.717) is 10.6 Å². The van der Waals surface area contributed by atoms with Gasteiger partial charge >= 0.3 is 0 Å². The fourth-order valence-corrected chi connectivity index (χ4v) is 4.79. The third kappa shape index (κ3) is 2.76. The Morgan fingerprint density at radius 1 is 0.839 bits per heavy atom. The Labute approximate surface area is 184 Å². The number of ketones is 1. The van der Waals surface area contributed by atoms with E-state index in [-0.39, 0.29) is 11.8 Å². The lowest BCUT2D eigenvalue weighted by molar-refractivity contribution is 0.0895. The zero-order valence-corrected chi connectivity index (χ0v) is 17.3. The number of hydrogen-bond donors (Lipinski definition) is 0. The molecule has 2 aromatic heterocycles. The second kappa shape index (κ2) is 6.96. The summed E-state index contributed by atoms with van der Waals surface area (Å²) in [5.41, 5.74) is 4.57. The summed E-state index contributed by atoms with van der Waals surface area (Å²) < 4.78 is 4.27. The molecule has 3 aromatic carbocycles. The second-order valence-electron chi connectivity index (χ2n) is 7.77. The van der Waals surface area contributed by atoms with Crippen LogP contribution in [0.5, 0.6) is 0 Å². The molecule has 1 aliphatic rings. The molecule has 0 radical (unpaired) electrons. The quantitative estimate of drug-likeness (QED) is 0.325. The van der Waals surface area contributed by atoms with E-state index in [0.717, 1.165) is 28.1 Å². The van der Waals surface area contributed by atoms with Crippen molar-refractivity contribution < 1.29 is 4.79 Å². The lowest BCUT2D eigenvalue weighted by atomic mass is 9.90. The highest BCUT2D eigenvalue weighted by molar-refractivity contribution is 6.30. The summed E-state index contributed by atoms with van der Waals surface area (Å²) in [6.45, 7) is 0. The van der Waals surface area contributed by atoms with E-state index >= 15 is 0 Å². The molecule has 0 N–H and O–H groups in total. The molecular weight excluding hydrogens is 406 g/mol. The lowest BCUT2D eigenvalue weighted by Crippen LogP contribution is -2.34. The van der Waals surface area contributed by atoms with Crippen LogP contribution in [0.3, 0.4) is 0 Å². The van der Waals surface area contributed by atoms with Crippen LogP contribution in [0.2, 0.25) is 5.02 Å². The molecule has 0 spiro atoms. The van der Waals surface area contributed by atoms with Crippen LogP contribution in [0.25, 0.3) is 22.6 Å². The Hall–Kier alpha value is -3.63. The van der Waals surface area contributed by atoms with Crippen LogP contribution in [0.1, 0.15) is 28.0 Å². The summed E-state index contributed by atoms with van der Waals surface area (Å²) in [6.07, 6.45) is 1.98. The first kappa shape index (κ1) is 18.2. The Kier molecular flexibility index (Phi) is 4.08. The molecule has 31 heavy (non-hydrogen) atoms. The lowest BCUT2D eigenvalue weighted by Gasteiger charge is -2.35. The molecule has 5 heteroatoms. The maximum absolute atomic E-state index is 13.9. The van der Waals surface area contributed by atoms with Gasteiger partial charge in [-0.15, -0.1) is 0 Å². The van der Waals surface area contributed by atoms with Crippen LogP contribution in [-0.2, 0) is 0 Å². The molecular formula is C26H18ClN3O. The first-order chi connectivity index (χ1) is 15.2. The van der Waals surface area contributed by atoms with Gasteiger partial charge in [-0.2, -0.15) is 0 Å². The van der Waals surface area contributed by atoms with Gasteiger partial charge in [0.25, 0.3) is 0 Å². The van der Waals surface area contributed by atoms with Gasteiger partial charge in [0.15, 0.2) is 11.6 Å². The molecule has 0 unspecified atom stereocenters. The van der Waals surface area contributed by atoms with Gasteiger partial charge in [-0.3, -0.25) is 4.79 Å². The Bertz CT molecular complexity index is 1420. The maximum atomic E-state index is 13.9. The number of benzene rings is 3. The van der Waals surface area contributed by atoms with Crippen LogP contribution in [0, 0.1) is 0 Å². The molecule has 4 nitrogen and oxygen atoms in total. The van der Waals surface area contributed by atoms with Crippen molar-refractivity contribution in [1.82, 2.24) is 14.1 Å². The first-order valence-electron chi connectivity index (χ1n) is 10.2. The third-order valence-electron chi connectivity index (χ3n) is 6.02. The number of hydrogen-bond acceptors (Lipinski definition) is 2. The van der Waals surface area contributed by atoms with Crippen LogP contribution < -0.4 is 0 Å². The topological polar surface area (TPSA) is 39.8 Å². The van der Waals surface area contributed by atoms with Gasteiger partial charge in [0.05, 0.1) is 22.8 Å². The molecule has 3 heterocycles. The molecule has 0 amide bonds. The zero-order chi connectivity index (χ0) is 20.9. The Morgan fingerprint density at radius 3 is 2.39 bits per heavy atom. The van der Waals surface area contributed by atoms with E-state index in [1.807, 2.05) is 91.1 Å². The summed E-state index contributed by atoms with van der Waals surface area (Å²) in [5, 5.41) is 0.669. The van der Waals surface area contributed by atoms with Crippen molar-refractivity contribution in [2.24, 2.45) is 0 Å². The predicted molar refractivity (Wildman–Crippen MR) is 123 cm³/mol. The minimum Gasteiger partial charge on any atom is -0.332 e. The first-order valence-corrected chi connectivity index (χ1v) is 10.6. The monoisotopic (exact) mass is 423 g/mol. The smallest absolute Gasteiger partial charge is 0.188 e. The zero-order valence-electron chi connectivity index (χ0n) is 16.5. The average molecular weight is 424 g/mol. The summed E-state index contributed by atoms with van der Waals surface area (Å²) >= 11 is 6.19. The number of Topliss-reactive ketones (excluding diaryl/α,β-unsaturated/α-hetero) is 1. The van der Waals surface area contributed by atoms with E-state index < -0.39 is 6.04 Å². The van der Waals surface area contributed by atoms with Gasteiger partial charge in [-0.25, -0.2) is 4.98 Å². The van der Waals surface area contributed by atoms with Gasteiger partial charge in [0.2, 0.25) is 0 Å². The van der Waals surface area contributed by atoms with E-state index in [1.54, 1.807) is 0 Å². The summed E-state index contributed by atoms with van der Waals surface area (Å²) in [7, 11) is 0. The van der Waals surface area contributed by atoms with E-state index in [2.05, 4.69) is 15.2 Å². The summed E-state index contributed by atoms with van der Waals surface area (Å²) in [5.74, 6) is 0.935. The number of aromatic nitrogens is 3. The molecule has 0 bridgehead atoms. The van der Waals surface area contributed by atoms with Gasteiger partial charge in [0.1, 0.15) is 6.04 Å². The van der Waals surface area contributed by atoms with E-state index in [4.69, 9.17) is 16.6 Å². The molecule has 0 aliphatic carbocycles. The molecule has 0 saturated heterocycles. The van der Waals surface area contributed by atoms with Gasteiger partial charge < -0.3 is 9.13 Å². The highest BCUT2D eigenvalue weighted by Gasteiger charge is 2.40. The third-order valence-corrected chi connectivity index (χ3v) is 6.27. The number of carbonyl (C=O) groups is 1. The maximum Gasteiger partial charge on any atom is 0.188 e. The van der Waals surface area contributed by atoms with Crippen molar-refractivity contribution >= 4 is 28.4 Å². The Morgan fingerprint density at radius 2 is 1.58 bits per heavy atom. The van der Waals surface area contributed by atoms with Crippen molar-refractivity contribution in [3.8, 4) is 11.5 Å². The van der Waals surface area contributed by atoms with Crippen molar-refractivity contribution in [3.05, 3.63) is 113 Å². The van der Waals surface area contributed by atoms with Crippen molar-refractivity contribution in [2.75, 3.05) is 0 Å². The number of halogens is 1. The number of nitrogens with zero attached hydrogens (tertiary/aromatic N) is 3. The number of carbonyl (C=O) groups excluding carboxylic acids is 1. The fraction of sp³-hybridized carbons (Fsp3) is 0.0769. The number of rotatable bonds is 3. The van der Waals surface area contributed by atoms with Crippen LogP contribution in [0.15, 0.2) is 97.2 Å². The predicted octanol–water partition coefficient (Wildman–Crippen LogP) is 6.19. The number of imidazole rings is 1. The summed E-state index contributed by atoms with van der Waals surface area (Å²) in [6, 6.07) is 28.7. The molecule has 2 atom stereocenters. The standard InChI is InChI=1S/C26H18ClN3O/c27-19-14-12-17(13-15-19)23-24(25(31)18-7-2-1-3-8-18)29-16-6-11-22(29)26-28-20-9-4-5-10-21(20)30(23)26/h1-16,23-24H/t23-,24+/m1/s1. The normalized spacial score (nSPS) is 17.3. The summed E-state index contributed by atoms with van der Waals surface area (Å²) in [4.78, 5) is 18.8. The van der Waals surface area contributed by atoms with Crippen LogP contribution in [-0.4, -0.2) is 19.9 Å². The van der Waals surface area contributed by atoms with Gasteiger partial charge in [-0.05, 0) is 42.0 Å². The second-order valence-corrected chi connectivity index (χ2v) is 8.20. The molecule has 5 aromatic rings. The fourth-order valence-electron chi connectivity index (χ4n) is 4.66. The Balaban J connectivity index is 1.66. The molecule has 0 fully saturated rings. The average Bonchev–Trinajstić information content (AvgIpc) is 3.44. The highest BCUT2D eigenvalue weighted by atomic mass is 35.5. The molecule has 6 rings (SSSR count). The van der Waals surface area contributed by atoms with E-state index in [1.165, 1.54) is 0 Å². The molecule has 150 valence electrons. The van der Waals surface area contributed by atoms with Crippen LogP contribution in [0.4, 0.5) is 0 Å². The number of fused-ring (bicyclic) bond motifs is 5. The minimum absolute atomic E-state index is 0.0708. The van der Waals surface area contributed by atoms with Crippen LogP contribution >= 0.6 is 11.6 Å². The van der Waals surface area contributed by atoms with Gasteiger partial charge in [-0.1, -0.05) is 66.2 Å². The molecule has 0 saturated carbocycles. The number of para-hydroxylation sites is 2. The largest absolute Gasteiger partial charge is 0.332 e. The highest BCUT2D eigenvalue weighted by Crippen LogP contribution is 2.45. The van der Waals surface area contributed by atoms with Crippen molar-refractivity contribution in [1.29, 1.82) is 0 Å². The van der Waals surface area contributed by atoms with Gasteiger partial charge in [0, 0.05) is 16.8 Å². The van der Waals surface area contributed by atoms with E-state index in [9.17, 15) is 4.79 Å². The van der Waals surface area contributed by atoms with Crippen molar-refractivity contribution in [2.45, 2.75) is 12.1 Å². The molecule has 1 aliphatic heterocycles. The minimum atomic E-state index is -0.446.